The van der Waals surface area contributed by atoms with E-state index in [0.29, 0.717) is 23.4 Å². The van der Waals surface area contributed by atoms with Crippen molar-refractivity contribution in [2.45, 2.75) is 12.5 Å². The fourth-order valence-electron chi connectivity index (χ4n) is 3.29. The van der Waals surface area contributed by atoms with Gasteiger partial charge in [-0.3, -0.25) is 4.79 Å². The molecule has 27 heavy (non-hydrogen) atoms. The number of nitrogens with two attached hydrogens (primary N) is 2. The predicted molar refractivity (Wildman–Crippen MR) is 108 cm³/mol. The van der Waals surface area contributed by atoms with Crippen LogP contribution in [0, 0.1) is 0 Å². The van der Waals surface area contributed by atoms with E-state index in [9.17, 15) is 4.79 Å². The van der Waals surface area contributed by atoms with Crippen molar-refractivity contribution in [3.05, 3.63) is 95.6 Å². The lowest BCUT2D eigenvalue weighted by atomic mass is 9.97. The molecular formula is C22H20N4O. The van der Waals surface area contributed by atoms with Gasteiger partial charge in [0, 0.05) is 23.4 Å². The first-order chi connectivity index (χ1) is 13.1. The summed E-state index contributed by atoms with van der Waals surface area (Å²) in [6, 6.07) is 24.2. The zero-order valence-corrected chi connectivity index (χ0v) is 14.7. The standard InChI is InChI=1S/C22H20N4O/c23-18-11-9-15(10-12-18)20-14-21(17-7-4-8-19(24)13-17)26(25-20)22(27)16-5-2-1-3-6-16/h1-13,21H,14,23-24H2. The first-order valence-electron chi connectivity index (χ1n) is 8.79. The second kappa shape index (κ2) is 6.96. The van der Waals surface area contributed by atoms with Crippen LogP contribution in [0.2, 0.25) is 0 Å². The van der Waals surface area contributed by atoms with Crippen molar-refractivity contribution >= 4 is 23.0 Å². The van der Waals surface area contributed by atoms with Gasteiger partial charge in [0.05, 0.1) is 11.8 Å². The maximum Gasteiger partial charge on any atom is 0.274 e. The van der Waals surface area contributed by atoms with Crippen molar-refractivity contribution in [1.82, 2.24) is 5.01 Å². The minimum Gasteiger partial charge on any atom is -0.399 e. The molecule has 134 valence electrons. The Morgan fingerprint density at radius 1 is 0.889 bits per heavy atom. The molecule has 3 aromatic carbocycles. The number of benzene rings is 3. The van der Waals surface area contributed by atoms with E-state index < -0.39 is 0 Å². The zero-order valence-electron chi connectivity index (χ0n) is 14.7. The number of hydrazone groups is 1. The number of nitrogens with zero attached hydrogens (tertiary/aromatic N) is 2. The average molecular weight is 356 g/mol. The minimum absolute atomic E-state index is 0.131. The summed E-state index contributed by atoms with van der Waals surface area (Å²) in [4.78, 5) is 13.1. The first-order valence-corrected chi connectivity index (χ1v) is 8.79. The van der Waals surface area contributed by atoms with E-state index in [1.807, 2.05) is 66.7 Å². The highest BCUT2D eigenvalue weighted by molar-refractivity contribution is 6.05. The van der Waals surface area contributed by atoms with Gasteiger partial charge in [-0.1, -0.05) is 42.5 Å². The maximum absolute atomic E-state index is 13.1. The molecule has 3 aromatic rings. The summed E-state index contributed by atoms with van der Waals surface area (Å²) >= 11 is 0. The van der Waals surface area contributed by atoms with E-state index in [1.165, 1.54) is 0 Å². The van der Waals surface area contributed by atoms with Crippen LogP contribution >= 0.6 is 0 Å². The molecule has 0 spiro atoms. The zero-order chi connectivity index (χ0) is 18.8. The van der Waals surface area contributed by atoms with Crippen LogP contribution in [0.15, 0.2) is 84.0 Å². The monoisotopic (exact) mass is 356 g/mol. The number of carbonyl (C=O) groups excluding carboxylic acids is 1. The van der Waals surface area contributed by atoms with E-state index in [1.54, 1.807) is 17.1 Å². The molecule has 0 aliphatic carbocycles. The Balaban J connectivity index is 1.74. The number of hydrogen-bond acceptors (Lipinski definition) is 4. The maximum atomic E-state index is 13.1. The number of amides is 1. The van der Waals surface area contributed by atoms with Crippen LogP contribution in [0.3, 0.4) is 0 Å². The SMILES string of the molecule is Nc1ccc(C2=NN(C(=O)c3ccccc3)C(c3cccc(N)c3)C2)cc1. The third-order valence-electron chi connectivity index (χ3n) is 4.68. The molecule has 0 saturated carbocycles. The largest absolute Gasteiger partial charge is 0.399 e. The normalized spacial score (nSPS) is 16.2. The highest BCUT2D eigenvalue weighted by Gasteiger charge is 2.33. The summed E-state index contributed by atoms with van der Waals surface area (Å²) < 4.78 is 0. The molecule has 1 heterocycles. The lowest BCUT2D eigenvalue weighted by molar-refractivity contribution is 0.0711. The van der Waals surface area contributed by atoms with Crippen molar-refractivity contribution in [3.8, 4) is 0 Å². The molecule has 1 aliphatic heterocycles. The molecule has 5 heteroatoms. The second-order valence-corrected chi connectivity index (χ2v) is 6.57. The molecule has 1 aliphatic rings. The molecule has 0 aromatic heterocycles. The van der Waals surface area contributed by atoms with Gasteiger partial charge >= 0.3 is 0 Å². The predicted octanol–water partition coefficient (Wildman–Crippen LogP) is 3.84. The van der Waals surface area contributed by atoms with Gasteiger partial charge in [-0.2, -0.15) is 5.10 Å². The third-order valence-corrected chi connectivity index (χ3v) is 4.68. The van der Waals surface area contributed by atoms with Crippen molar-refractivity contribution in [2.75, 3.05) is 11.5 Å². The number of rotatable bonds is 3. The fraction of sp³-hybridized carbons (Fsp3) is 0.0909. The lowest BCUT2D eigenvalue weighted by Gasteiger charge is -2.22. The quantitative estimate of drug-likeness (QED) is 0.699. The molecule has 5 nitrogen and oxygen atoms in total. The van der Waals surface area contributed by atoms with E-state index in [2.05, 4.69) is 5.10 Å². The molecule has 1 unspecified atom stereocenters. The van der Waals surface area contributed by atoms with Gasteiger partial charge in [-0.25, -0.2) is 5.01 Å². The van der Waals surface area contributed by atoms with E-state index >= 15 is 0 Å². The smallest absolute Gasteiger partial charge is 0.274 e. The molecular weight excluding hydrogens is 336 g/mol. The third kappa shape index (κ3) is 3.40. The Hall–Kier alpha value is -3.60. The molecule has 1 atom stereocenters. The first kappa shape index (κ1) is 16.8. The Morgan fingerprint density at radius 3 is 2.33 bits per heavy atom. The van der Waals surface area contributed by atoms with Gasteiger partial charge in [0.1, 0.15) is 0 Å². The molecule has 0 fully saturated rings. The van der Waals surface area contributed by atoms with Gasteiger partial charge in [0.15, 0.2) is 0 Å². The van der Waals surface area contributed by atoms with Crippen LogP contribution in [0.1, 0.15) is 33.9 Å². The van der Waals surface area contributed by atoms with Crippen LogP contribution in [-0.4, -0.2) is 16.6 Å². The summed E-state index contributed by atoms with van der Waals surface area (Å²) in [7, 11) is 0. The van der Waals surface area contributed by atoms with Crippen LogP contribution in [0.5, 0.6) is 0 Å². The minimum atomic E-state index is -0.200. The lowest BCUT2D eigenvalue weighted by Crippen LogP contribution is -2.27. The van der Waals surface area contributed by atoms with Crippen molar-refractivity contribution in [3.63, 3.8) is 0 Å². The second-order valence-electron chi connectivity index (χ2n) is 6.57. The Bertz CT molecular complexity index is 996. The topological polar surface area (TPSA) is 84.7 Å². The highest BCUT2D eigenvalue weighted by atomic mass is 16.2. The molecule has 4 rings (SSSR count). The van der Waals surface area contributed by atoms with E-state index in [-0.39, 0.29) is 11.9 Å². The average Bonchev–Trinajstić information content (AvgIpc) is 3.14. The Kier molecular flexibility index (Phi) is 4.34. The number of nitrogen functional groups attached to an aromatic ring is 2. The summed E-state index contributed by atoms with van der Waals surface area (Å²) in [6.45, 7) is 0. The molecule has 1 amide bonds. The van der Waals surface area contributed by atoms with Crippen molar-refractivity contribution in [1.29, 1.82) is 0 Å². The summed E-state index contributed by atoms with van der Waals surface area (Å²) in [5.74, 6) is -0.131. The van der Waals surface area contributed by atoms with Gasteiger partial charge < -0.3 is 11.5 Å². The number of hydrogen-bond donors (Lipinski definition) is 2. The Morgan fingerprint density at radius 2 is 1.63 bits per heavy atom. The summed E-state index contributed by atoms with van der Waals surface area (Å²) in [5, 5.41) is 6.24. The van der Waals surface area contributed by atoms with Crippen LogP contribution in [0.25, 0.3) is 0 Å². The van der Waals surface area contributed by atoms with Crippen molar-refractivity contribution in [2.24, 2.45) is 5.10 Å². The van der Waals surface area contributed by atoms with E-state index in [4.69, 9.17) is 11.5 Å². The number of anilines is 2. The van der Waals surface area contributed by atoms with Crippen molar-refractivity contribution < 1.29 is 4.79 Å². The molecule has 0 saturated heterocycles. The van der Waals surface area contributed by atoms with Crippen LogP contribution in [0.4, 0.5) is 11.4 Å². The van der Waals surface area contributed by atoms with Gasteiger partial charge in [-0.05, 0) is 47.5 Å². The van der Waals surface area contributed by atoms with Gasteiger partial charge in [-0.15, -0.1) is 0 Å². The molecule has 0 bridgehead atoms. The Labute approximate surface area is 157 Å². The molecule has 4 N–H and O–H groups in total. The fourth-order valence-corrected chi connectivity index (χ4v) is 3.29. The highest BCUT2D eigenvalue weighted by Crippen LogP contribution is 2.34. The van der Waals surface area contributed by atoms with E-state index in [0.717, 1.165) is 16.8 Å². The summed E-state index contributed by atoms with van der Waals surface area (Å²) in [6.07, 6.45) is 0.617. The molecule has 0 radical (unpaired) electrons. The number of carbonyl (C=O) groups is 1. The van der Waals surface area contributed by atoms with Crippen LogP contribution < -0.4 is 11.5 Å². The van der Waals surface area contributed by atoms with Gasteiger partial charge in [0.2, 0.25) is 0 Å². The van der Waals surface area contributed by atoms with Gasteiger partial charge in [0.25, 0.3) is 5.91 Å². The summed E-state index contributed by atoms with van der Waals surface area (Å²) in [5.41, 5.74) is 16.5. The van der Waals surface area contributed by atoms with Crippen LogP contribution in [-0.2, 0) is 0 Å².